The molecule has 31 heteroatoms. The van der Waals surface area contributed by atoms with Gasteiger partial charge in [0.25, 0.3) is 0 Å². The summed E-state index contributed by atoms with van der Waals surface area (Å²) >= 11 is 1.10. The maximum atomic E-state index is 13.1. The average molecular weight is 1080 g/mol. The molecule has 2 saturated heterocycles. The second-order valence-corrected chi connectivity index (χ2v) is 18.2. The summed E-state index contributed by atoms with van der Waals surface area (Å²) in [5.41, 5.74) is -0.951. The second-order valence-electron chi connectivity index (χ2n) is 17.3. The van der Waals surface area contributed by atoms with E-state index < -0.39 is 153 Å². The van der Waals surface area contributed by atoms with E-state index in [9.17, 15) is 74.7 Å². The van der Waals surface area contributed by atoms with Gasteiger partial charge in [0.2, 0.25) is 35.4 Å². The van der Waals surface area contributed by atoms with Crippen LogP contribution in [0, 0.1) is 0 Å². The Kier molecular flexibility index (Phi) is 31.4. The molecule has 0 spiro atoms. The van der Waals surface area contributed by atoms with Crippen LogP contribution in [0.3, 0.4) is 0 Å². The van der Waals surface area contributed by atoms with E-state index in [1.54, 1.807) is 7.05 Å². The number of hydrogen-bond donors (Lipinski definition) is 18. The molecular weight excluding hydrogens is 999 g/mol. The molecule has 13 unspecified atom stereocenters. The Labute approximate surface area is 427 Å². The molecule has 18 N–H and O–H groups in total. The molecule has 73 heavy (non-hydrogen) atoms. The van der Waals surface area contributed by atoms with Crippen LogP contribution in [-0.4, -0.2) is 245 Å². The molecule has 15 atom stereocenters. The number of nitrogens with one attached hydrogen (secondary N) is 9. The fourth-order valence-electron chi connectivity index (χ4n) is 7.49. The van der Waals surface area contributed by atoms with E-state index in [1.165, 1.54) is 27.7 Å². The number of aliphatic hydroxyl groups excluding tert-OH is 9. The third kappa shape index (κ3) is 23.5. The third-order valence-corrected chi connectivity index (χ3v) is 12.3. The highest BCUT2D eigenvalue weighted by atomic mass is 32.2. The highest BCUT2D eigenvalue weighted by molar-refractivity contribution is 7.99. The van der Waals surface area contributed by atoms with Gasteiger partial charge < -0.3 is 112 Å². The molecule has 0 aromatic carbocycles. The lowest BCUT2D eigenvalue weighted by atomic mass is 9.83. The third-order valence-electron chi connectivity index (χ3n) is 11.7. The van der Waals surface area contributed by atoms with Crippen molar-refractivity contribution in [3.8, 4) is 0 Å². The first kappa shape index (κ1) is 65.6. The van der Waals surface area contributed by atoms with Gasteiger partial charge in [-0.05, 0) is 33.2 Å². The highest BCUT2D eigenvalue weighted by Gasteiger charge is 2.46. The number of rotatable bonds is 36. The summed E-state index contributed by atoms with van der Waals surface area (Å²) < 4.78 is 33.5. The molecule has 2 fully saturated rings. The van der Waals surface area contributed by atoms with Crippen LogP contribution >= 0.6 is 11.8 Å². The molecule has 0 saturated carbocycles. The fraction of sp³-hybridized carbons (Fsp3) is 0.857. The van der Waals surface area contributed by atoms with Crippen molar-refractivity contribution in [3.05, 3.63) is 0 Å². The molecule has 424 valence electrons. The standard InChI is InChI=1S/C42H79N9O21S/c1-22(56)27(13-53)70-39(26(12-52)49-23(2)57)67-18-44-16-46-30(60)6-9-42(43-5,10-7-31(61)47-17-45-19-68-40-33(50-24(3)58)37(65)35(63)28(14-54)71-40)11-8-32(62)48-20-73-21-69-41-34(51-25(4)59)38(66)36(64)29(15-55)72-41/h22,26-29,33-41,43-45,52-56,63-66H,6-21H2,1-5H3,(H,46,60)(H,47,61)(H,48,62)(H,49,57)(H,50,58)(H,51,59)/t22-,26+,27?,28?,29?,33?,34?,35?,36?,37?,38?,39?,40?,41?,42?/m1/s1. The highest BCUT2D eigenvalue weighted by Crippen LogP contribution is 2.27. The van der Waals surface area contributed by atoms with Gasteiger partial charge in [-0.15, -0.1) is 11.8 Å². The predicted octanol–water partition coefficient (Wildman–Crippen LogP) is -8.19. The number of hydrogen-bond acceptors (Lipinski definition) is 25. The zero-order chi connectivity index (χ0) is 54.7. The minimum Gasteiger partial charge on any atom is -0.394 e. The minimum atomic E-state index is -1.52. The Morgan fingerprint density at radius 3 is 1.56 bits per heavy atom. The lowest BCUT2D eigenvalue weighted by Crippen LogP contribution is -2.64. The lowest BCUT2D eigenvalue weighted by molar-refractivity contribution is -0.271. The van der Waals surface area contributed by atoms with Crippen LogP contribution in [0.15, 0.2) is 0 Å². The van der Waals surface area contributed by atoms with Gasteiger partial charge in [0.05, 0.1) is 57.7 Å². The number of carbonyl (C=O) groups is 6. The molecule has 2 aliphatic heterocycles. The Morgan fingerprint density at radius 1 is 0.658 bits per heavy atom. The van der Waals surface area contributed by atoms with E-state index in [-0.39, 0.29) is 77.1 Å². The van der Waals surface area contributed by atoms with E-state index in [0.717, 1.165) is 11.8 Å². The molecule has 0 aromatic rings. The normalized spacial score (nSPS) is 26.5. The number of aliphatic hydroxyl groups is 9. The van der Waals surface area contributed by atoms with Gasteiger partial charge in [-0.25, -0.2) is 0 Å². The summed E-state index contributed by atoms with van der Waals surface area (Å²) in [7, 11) is 1.62. The van der Waals surface area contributed by atoms with Gasteiger partial charge in [0, 0.05) is 45.6 Å². The maximum Gasteiger partial charge on any atom is 0.221 e. The molecule has 0 radical (unpaired) electrons. The number of thioether (sulfide) groups is 1. The number of ether oxygens (including phenoxy) is 6. The fourth-order valence-corrected chi connectivity index (χ4v) is 8.06. The van der Waals surface area contributed by atoms with Crippen LogP contribution in [0.25, 0.3) is 0 Å². The summed E-state index contributed by atoms with van der Waals surface area (Å²) in [5, 5.41) is 114. The van der Waals surface area contributed by atoms with Crippen LogP contribution in [0.1, 0.15) is 66.2 Å². The zero-order valence-corrected chi connectivity index (χ0v) is 42.5. The monoisotopic (exact) mass is 1080 g/mol. The van der Waals surface area contributed by atoms with E-state index in [2.05, 4.69) is 47.9 Å². The summed E-state index contributed by atoms with van der Waals surface area (Å²) in [5.74, 6) is -2.86. The summed E-state index contributed by atoms with van der Waals surface area (Å²) in [4.78, 5) is 74.5. The maximum absolute atomic E-state index is 13.1. The van der Waals surface area contributed by atoms with Crippen molar-refractivity contribution in [1.29, 1.82) is 0 Å². The van der Waals surface area contributed by atoms with Gasteiger partial charge in [0.15, 0.2) is 18.9 Å². The minimum absolute atomic E-state index is 0.0461. The van der Waals surface area contributed by atoms with Gasteiger partial charge in [-0.1, -0.05) is 0 Å². The molecule has 30 nitrogen and oxygen atoms in total. The number of carbonyl (C=O) groups excluding carboxylic acids is 6. The van der Waals surface area contributed by atoms with E-state index in [4.69, 9.17) is 28.4 Å². The van der Waals surface area contributed by atoms with Gasteiger partial charge in [-0.3, -0.25) is 39.4 Å². The average Bonchev–Trinajstić information content (AvgIpc) is 3.34. The van der Waals surface area contributed by atoms with Crippen LogP contribution in [0.2, 0.25) is 0 Å². The molecule has 2 aliphatic rings. The summed E-state index contributed by atoms with van der Waals surface area (Å²) in [6, 6.07) is -3.39. The van der Waals surface area contributed by atoms with Crippen molar-refractivity contribution in [1.82, 2.24) is 47.9 Å². The quantitative estimate of drug-likeness (QED) is 0.0205. The molecule has 2 rings (SSSR count). The molecule has 2 heterocycles. The predicted molar refractivity (Wildman–Crippen MR) is 253 cm³/mol. The lowest BCUT2D eigenvalue weighted by Gasteiger charge is -2.42. The topological polar surface area (TPSA) is 448 Å². The molecule has 0 aliphatic carbocycles. The Hall–Kier alpha value is -3.55. The van der Waals surface area contributed by atoms with E-state index in [0.29, 0.717) is 0 Å². The smallest absolute Gasteiger partial charge is 0.221 e. The van der Waals surface area contributed by atoms with Crippen molar-refractivity contribution in [2.24, 2.45) is 0 Å². The van der Waals surface area contributed by atoms with Crippen LogP contribution < -0.4 is 47.9 Å². The van der Waals surface area contributed by atoms with Crippen LogP contribution in [0.5, 0.6) is 0 Å². The Morgan fingerprint density at radius 2 is 1.14 bits per heavy atom. The summed E-state index contributed by atoms with van der Waals surface area (Å²) in [6.45, 7) is 1.74. The van der Waals surface area contributed by atoms with Crippen molar-refractivity contribution in [3.63, 3.8) is 0 Å². The van der Waals surface area contributed by atoms with Crippen LogP contribution in [-0.2, 0) is 57.2 Å². The van der Waals surface area contributed by atoms with Crippen molar-refractivity contribution in [2.75, 3.05) is 72.1 Å². The molecule has 0 bridgehead atoms. The summed E-state index contributed by atoms with van der Waals surface area (Å²) in [6.07, 6.45) is -14.2. The Balaban J connectivity index is 2.02. The van der Waals surface area contributed by atoms with Crippen molar-refractivity contribution in [2.45, 2.75) is 158 Å². The first-order valence-corrected chi connectivity index (χ1v) is 24.8. The molecule has 6 amide bonds. The van der Waals surface area contributed by atoms with E-state index >= 15 is 0 Å². The largest absolute Gasteiger partial charge is 0.394 e. The van der Waals surface area contributed by atoms with Crippen molar-refractivity contribution >= 4 is 47.2 Å². The second kappa shape index (κ2) is 34.9. The SMILES string of the molecule is CNC(CCC(=O)NCNCOC1OC(CO)C(O)C(O)C1NC(C)=O)(CCC(=O)NCNCOC(OC(CO)[C@@H](C)O)[C@H](CO)NC(C)=O)CCC(=O)NCSCOC1OC(CO)C(O)C(O)C1NC(C)=O. The van der Waals surface area contributed by atoms with Gasteiger partial charge in [0.1, 0.15) is 74.3 Å². The first-order chi connectivity index (χ1) is 34.6. The first-order valence-electron chi connectivity index (χ1n) is 23.6. The Bertz CT molecular complexity index is 1590. The molecular formula is C42H79N9O21S. The zero-order valence-electron chi connectivity index (χ0n) is 41.7. The van der Waals surface area contributed by atoms with Crippen molar-refractivity contribution < 1.29 is 103 Å². The van der Waals surface area contributed by atoms with Gasteiger partial charge in [-0.2, -0.15) is 0 Å². The molecule has 0 aromatic heterocycles. The van der Waals surface area contributed by atoms with E-state index in [1.807, 2.05) is 0 Å². The van der Waals surface area contributed by atoms with Crippen LogP contribution in [0.4, 0.5) is 0 Å². The van der Waals surface area contributed by atoms with Gasteiger partial charge >= 0.3 is 0 Å². The number of amides is 6.